The van der Waals surface area contributed by atoms with Crippen molar-refractivity contribution >= 4 is 11.3 Å². The van der Waals surface area contributed by atoms with Crippen LogP contribution in [0.3, 0.4) is 0 Å². The monoisotopic (exact) mass is 279 g/mol. The molecule has 5 heteroatoms. The molecule has 18 heavy (non-hydrogen) atoms. The van der Waals surface area contributed by atoms with Crippen LogP contribution in [0.2, 0.25) is 0 Å². The normalized spacial score (nSPS) is 13.8. The predicted octanol–water partition coefficient (Wildman–Crippen LogP) is 4.69. The average Bonchev–Trinajstić information content (AvgIpc) is 2.74. The van der Waals surface area contributed by atoms with Crippen molar-refractivity contribution in [1.82, 2.24) is 5.32 Å². The number of hydrogen-bond donors (Lipinski definition) is 1. The molecule has 1 unspecified atom stereocenters. The Morgan fingerprint density at radius 3 is 2.50 bits per heavy atom. The highest BCUT2D eigenvalue weighted by Gasteiger charge is 2.27. The molecule has 0 fully saturated rings. The van der Waals surface area contributed by atoms with E-state index >= 15 is 0 Å². The van der Waals surface area contributed by atoms with Gasteiger partial charge in [0, 0.05) is 22.2 Å². The molecule has 0 bridgehead atoms. The van der Waals surface area contributed by atoms with E-state index in [1.807, 2.05) is 13.0 Å². The first kappa shape index (κ1) is 15.5. The van der Waals surface area contributed by atoms with Gasteiger partial charge in [-0.3, -0.25) is 0 Å². The summed E-state index contributed by atoms with van der Waals surface area (Å²) < 4.78 is 36.4. The van der Waals surface area contributed by atoms with E-state index in [9.17, 15) is 13.2 Å². The number of hydrogen-bond acceptors (Lipinski definition) is 2. The summed E-state index contributed by atoms with van der Waals surface area (Å²) in [6.07, 6.45) is -3.04. The van der Waals surface area contributed by atoms with Gasteiger partial charge in [-0.15, -0.1) is 11.3 Å². The summed E-state index contributed by atoms with van der Waals surface area (Å²) in [6, 6.07) is 4.15. The van der Waals surface area contributed by atoms with Crippen LogP contribution in [-0.2, 0) is 6.42 Å². The van der Waals surface area contributed by atoms with E-state index in [-0.39, 0.29) is 12.5 Å². The zero-order valence-electron chi connectivity index (χ0n) is 10.8. The van der Waals surface area contributed by atoms with Crippen molar-refractivity contribution in [3.63, 3.8) is 0 Å². The van der Waals surface area contributed by atoms with E-state index in [0.29, 0.717) is 6.42 Å². The van der Waals surface area contributed by atoms with E-state index in [1.54, 1.807) is 11.3 Å². The Morgan fingerprint density at radius 2 is 2.00 bits per heavy atom. The molecular weight excluding hydrogens is 259 g/mol. The van der Waals surface area contributed by atoms with Crippen molar-refractivity contribution in [1.29, 1.82) is 0 Å². The Labute approximate surface area is 110 Å². The summed E-state index contributed by atoms with van der Waals surface area (Å²) in [4.78, 5) is 2.43. The van der Waals surface area contributed by atoms with E-state index in [2.05, 4.69) is 18.3 Å². The van der Waals surface area contributed by atoms with Crippen molar-refractivity contribution in [2.24, 2.45) is 0 Å². The second-order valence-corrected chi connectivity index (χ2v) is 5.48. The van der Waals surface area contributed by atoms with Crippen LogP contribution in [0.5, 0.6) is 0 Å². The van der Waals surface area contributed by atoms with Crippen LogP contribution in [0, 0.1) is 0 Å². The van der Waals surface area contributed by atoms with E-state index in [4.69, 9.17) is 0 Å². The summed E-state index contributed by atoms with van der Waals surface area (Å²) in [5, 5.41) is 3.27. The summed E-state index contributed by atoms with van der Waals surface area (Å²) in [5.74, 6) is 0. The third-order valence-corrected chi connectivity index (χ3v) is 4.12. The molecule has 0 radical (unpaired) electrons. The largest absolute Gasteiger partial charge is 0.389 e. The molecule has 1 nitrogen and oxygen atoms in total. The number of thiophene rings is 1. The highest BCUT2D eigenvalue weighted by atomic mass is 32.1. The molecule has 1 heterocycles. The molecule has 1 rings (SSSR count). The van der Waals surface area contributed by atoms with Gasteiger partial charge in [0.1, 0.15) is 0 Å². The van der Waals surface area contributed by atoms with Gasteiger partial charge in [-0.05, 0) is 37.9 Å². The molecule has 1 aromatic rings. The molecule has 0 saturated carbocycles. The maximum atomic E-state index is 12.1. The maximum absolute atomic E-state index is 12.1. The Morgan fingerprint density at radius 1 is 1.28 bits per heavy atom. The Bertz CT molecular complexity index is 346. The Kier molecular flexibility index (Phi) is 6.15. The lowest BCUT2D eigenvalue weighted by Gasteiger charge is -2.16. The summed E-state index contributed by atoms with van der Waals surface area (Å²) in [5.41, 5.74) is 0. The van der Waals surface area contributed by atoms with Crippen molar-refractivity contribution in [3.8, 4) is 0 Å². The summed E-state index contributed by atoms with van der Waals surface area (Å²) >= 11 is 1.70. The van der Waals surface area contributed by atoms with Crippen molar-refractivity contribution < 1.29 is 13.2 Å². The minimum absolute atomic E-state index is 0.0580. The van der Waals surface area contributed by atoms with Gasteiger partial charge >= 0.3 is 6.18 Å². The van der Waals surface area contributed by atoms with Crippen LogP contribution in [0.4, 0.5) is 13.2 Å². The molecule has 1 N–H and O–H groups in total. The molecule has 0 aliphatic heterocycles. The van der Waals surface area contributed by atoms with Crippen LogP contribution in [-0.4, -0.2) is 12.7 Å². The van der Waals surface area contributed by atoms with Crippen molar-refractivity contribution in [2.45, 2.75) is 51.7 Å². The fourth-order valence-electron chi connectivity index (χ4n) is 1.87. The smallest absolute Gasteiger partial charge is 0.310 e. The first-order chi connectivity index (χ1) is 8.46. The van der Waals surface area contributed by atoms with Gasteiger partial charge in [0.2, 0.25) is 0 Å². The van der Waals surface area contributed by atoms with Gasteiger partial charge in [-0.1, -0.05) is 13.8 Å². The highest BCUT2D eigenvalue weighted by molar-refractivity contribution is 7.12. The van der Waals surface area contributed by atoms with Gasteiger partial charge < -0.3 is 5.32 Å². The number of rotatable bonds is 7. The van der Waals surface area contributed by atoms with Crippen LogP contribution in [0.15, 0.2) is 12.1 Å². The van der Waals surface area contributed by atoms with Gasteiger partial charge in [-0.25, -0.2) is 0 Å². The zero-order chi connectivity index (χ0) is 13.6. The molecule has 0 aliphatic rings. The Balaban J connectivity index is 2.54. The molecule has 0 saturated heterocycles. The predicted molar refractivity (Wildman–Crippen MR) is 70.0 cm³/mol. The second-order valence-electron chi connectivity index (χ2n) is 4.28. The van der Waals surface area contributed by atoms with Gasteiger partial charge in [0.15, 0.2) is 0 Å². The zero-order valence-corrected chi connectivity index (χ0v) is 11.6. The molecule has 104 valence electrons. The topological polar surface area (TPSA) is 12.0 Å². The third kappa shape index (κ3) is 5.40. The highest BCUT2D eigenvalue weighted by Crippen LogP contribution is 2.30. The van der Waals surface area contributed by atoms with Crippen LogP contribution >= 0.6 is 11.3 Å². The van der Waals surface area contributed by atoms with Crippen LogP contribution in [0.25, 0.3) is 0 Å². The third-order valence-electron chi connectivity index (χ3n) is 2.78. The summed E-state index contributed by atoms with van der Waals surface area (Å²) in [6.45, 7) is 4.84. The lowest BCUT2D eigenvalue weighted by Crippen LogP contribution is -2.20. The fourth-order valence-corrected chi connectivity index (χ4v) is 2.93. The molecule has 1 atom stereocenters. The molecule has 1 aromatic heterocycles. The minimum atomic E-state index is -4.04. The number of aryl methyl sites for hydroxylation is 1. The van der Waals surface area contributed by atoms with Crippen molar-refractivity contribution in [2.75, 3.05) is 6.54 Å². The maximum Gasteiger partial charge on any atom is 0.389 e. The second kappa shape index (κ2) is 7.14. The van der Waals surface area contributed by atoms with Crippen molar-refractivity contribution in [3.05, 3.63) is 21.9 Å². The number of alkyl halides is 3. The molecular formula is C13H20F3NS. The molecule has 0 aromatic carbocycles. The van der Waals surface area contributed by atoms with Gasteiger partial charge in [0.05, 0.1) is 0 Å². The van der Waals surface area contributed by atoms with Gasteiger partial charge in [-0.2, -0.15) is 13.2 Å². The lowest BCUT2D eigenvalue weighted by atomic mass is 10.1. The summed E-state index contributed by atoms with van der Waals surface area (Å²) in [7, 11) is 0. The van der Waals surface area contributed by atoms with E-state index in [0.717, 1.165) is 17.8 Å². The fraction of sp³-hybridized carbons (Fsp3) is 0.692. The lowest BCUT2D eigenvalue weighted by molar-refractivity contribution is -0.135. The first-order valence-corrected chi connectivity index (χ1v) is 7.16. The molecule has 0 aliphatic carbocycles. The van der Waals surface area contributed by atoms with Crippen LogP contribution in [0.1, 0.15) is 48.9 Å². The Hall–Kier alpha value is -0.550. The standard InChI is InChI=1S/C13H20F3NS/c1-3-10-7-8-12(18-10)11(17-4-2)6-5-9-13(14,15)16/h7-8,11,17H,3-6,9H2,1-2H3. The SMILES string of the molecule is CCNC(CCCC(F)(F)F)c1ccc(CC)s1. The van der Waals surface area contributed by atoms with Crippen LogP contribution < -0.4 is 5.32 Å². The average molecular weight is 279 g/mol. The van der Waals surface area contributed by atoms with E-state index in [1.165, 1.54) is 4.88 Å². The van der Waals surface area contributed by atoms with Gasteiger partial charge in [0.25, 0.3) is 0 Å². The quantitative estimate of drug-likeness (QED) is 0.763. The number of halogens is 3. The molecule has 0 spiro atoms. The minimum Gasteiger partial charge on any atom is -0.310 e. The molecule has 0 amide bonds. The first-order valence-electron chi connectivity index (χ1n) is 6.35. The number of nitrogens with one attached hydrogen (secondary N) is 1. The van der Waals surface area contributed by atoms with E-state index < -0.39 is 12.6 Å².